The molecule has 3 N–H and O–H groups in total. The van der Waals surface area contributed by atoms with E-state index in [1.54, 1.807) is 0 Å². The van der Waals surface area contributed by atoms with Crippen LogP contribution in [0, 0.1) is 5.92 Å². The smallest absolute Gasteiger partial charge is 0.238 e. The maximum absolute atomic E-state index is 11.9. The van der Waals surface area contributed by atoms with Crippen LogP contribution in [0.5, 0.6) is 0 Å². The lowest BCUT2D eigenvalue weighted by atomic mass is 9.85. The molecular formula is C17H22N4O. The number of rotatable bonds is 6. The molecule has 5 heteroatoms. The number of amides is 1. The number of nitrogens with one attached hydrogen (secondary N) is 3. The number of hydrogen-bond acceptors (Lipinski definition) is 3. The molecule has 0 unspecified atom stereocenters. The van der Waals surface area contributed by atoms with E-state index in [4.69, 9.17) is 0 Å². The standard InChI is InChI=1S/C17H22N4O/c22-16(10-18-9-11-4-5-11)19-13-6-7-14-15(8-13)21-17(20-14)12-2-1-3-12/h6-8,11-12,18H,1-5,9-10H2,(H,19,22)(H,20,21). The van der Waals surface area contributed by atoms with E-state index >= 15 is 0 Å². The molecule has 0 atom stereocenters. The quantitative estimate of drug-likeness (QED) is 0.768. The van der Waals surface area contributed by atoms with Crippen molar-refractivity contribution in [3.63, 3.8) is 0 Å². The lowest BCUT2D eigenvalue weighted by molar-refractivity contribution is -0.115. The molecule has 0 saturated heterocycles. The molecule has 1 aromatic heterocycles. The fourth-order valence-corrected chi connectivity index (χ4v) is 2.90. The summed E-state index contributed by atoms with van der Waals surface area (Å²) in [7, 11) is 0. The van der Waals surface area contributed by atoms with Gasteiger partial charge in [-0.15, -0.1) is 0 Å². The van der Waals surface area contributed by atoms with Gasteiger partial charge < -0.3 is 15.6 Å². The number of aromatic amines is 1. The minimum Gasteiger partial charge on any atom is -0.342 e. The Bertz CT molecular complexity index is 685. The van der Waals surface area contributed by atoms with E-state index in [1.807, 2.05) is 18.2 Å². The predicted molar refractivity (Wildman–Crippen MR) is 86.9 cm³/mol. The Morgan fingerprint density at radius 2 is 2.14 bits per heavy atom. The summed E-state index contributed by atoms with van der Waals surface area (Å²) in [5, 5.41) is 6.15. The highest BCUT2D eigenvalue weighted by Gasteiger charge is 2.23. The number of aromatic nitrogens is 2. The number of carbonyl (C=O) groups is 1. The second kappa shape index (κ2) is 5.72. The zero-order chi connectivity index (χ0) is 14.9. The van der Waals surface area contributed by atoms with Gasteiger partial charge in [0.25, 0.3) is 0 Å². The van der Waals surface area contributed by atoms with Gasteiger partial charge in [-0.1, -0.05) is 6.42 Å². The first kappa shape index (κ1) is 13.8. The van der Waals surface area contributed by atoms with Crippen LogP contribution in [-0.4, -0.2) is 29.0 Å². The van der Waals surface area contributed by atoms with Crippen LogP contribution < -0.4 is 10.6 Å². The van der Waals surface area contributed by atoms with Crippen LogP contribution in [-0.2, 0) is 4.79 Å². The Labute approximate surface area is 129 Å². The van der Waals surface area contributed by atoms with Crippen LogP contribution in [0.15, 0.2) is 18.2 Å². The fraction of sp³-hybridized carbons (Fsp3) is 0.529. The molecule has 0 spiro atoms. The van der Waals surface area contributed by atoms with Gasteiger partial charge in [-0.25, -0.2) is 4.98 Å². The molecule has 1 amide bonds. The minimum absolute atomic E-state index is 0.0127. The van der Waals surface area contributed by atoms with Crippen molar-refractivity contribution in [2.75, 3.05) is 18.4 Å². The summed E-state index contributed by atoms with van der Waals surface area (Å²) in [4.78, 5) is 20.0. The number of hydrogen-bond donors (Lipinski definition) is 3. The molecule has 4 rings (SSSR count). The zero-order valence-corrected chi connectivity index (χ0v) is 12.7. The highest BCUT2D eigenvalue weighted by molar-refractivity contribution is 5.94. The topological polar surface area (TPSA) is 69.8 Å². The Hall–Kier alpha value is -1.88. The van der Waals surface area contributed by atoms with E-state index in [1.165, 1.54) is 32.1 Å². The van der Waals surface area contributed by atoms with Crippen molar-refractivity contribution in [1.29, 1.82) is 0 Å². The first-order chi connectivity index (χ1) is 10.8. The molecule has 0 aliphatic heterocycles. The van der Waals surface area contributed by atoms with E-state index < -0.39 is 0 Å². The summed E-state index contributed by atoms with van der Waals surface area (Å²) in [5.74, 6) is 2.49. The molecule has 2 aliphatic rings. The van der Waals surface area contributed by atoms with Gasteiger partial charge in [0.15, 0.2) is 0 Å². The summed E-state index contributed by atoms with van der Waals surface area (Å²) in [6.07, 6.45) is 6.37. The van der Waals surface area contributed by atoms with Crippen molar-refractivity contribution in [3.05, 3.63) is 24.0 Å². The first-order valence-corrected chi connectivity index (χ1v) is 8.28. The van der Waals surface area contributed by atoms with Crippen LogP contribution in [0.4, 0.5) is 5.69 Å². The molecule has 1 heterocycles. The Balaban J connectivity index is 1.39. The summed E-state index contributed by atoms with van der Waals surface area (Å²) in [5.41, 5.74) is 2.81. The highest BCUT2D eigenvalue weighted by Crippen LogP contribution is 2.35. The molecule has 2 aromatic rings. The Kier molecular flexibility index (Phi) is 3.58. The molecular weight excluding hydrogens is 276 g/mol. The molecule has 2 fully saturated rings. The Morgan fingerprint density at radius 3 is 2.86 bits per heavy atom. The Morgan fingerprint density at radius 1 is 1.27 bits per heavy atom. The zero-order valence-electron chi connectivity index (χ0n) is 12.7. The molecule has 0 radical (unpaired) electrons. The van der Waals surface area contributed by atoms with E-state index in [-0.39, 0.29) is 5.91 Å². The summed E-state index contributed by atoms with van der Waals surface area (Å²) >= 11 is 0. The second-order valence-corrected chi connectivity index (χ2v) is 6.60. The highest BCUT2D eigenvalue weighted by atomic mass is 16.1. The second-order valence-electron chi connectivity index (χ2n) is 6.60. The first-order valence-electron chi connectivity index (χ1n) is 8.28. The van der Waals surface area contributed by atoms with Gasteiger partial charge in [0, 0.05) is 11.6 Å². The third kappa shape index (κ3) is 2.99. The normalized spacial score (nSPS) is 18.4. The van der Waals surface area contributed by atoms with Gasteiger partial charge >= 0.3 is 0 Å². The average Bonchev–Trinajstić information content (AvgIpc) is 3.15. The SMILES string of the molecule is O=C(CNCC1CC1)Nc1ccc2nc(C3CCC3)[nH]c2c1. The van der Waals surface area contributed by atoms with Gasteiger partial charge in [-0.3, -0.25) is 4.79 Å². The molecule has 1 aromatic carbocycles. The number of benzene rings is 1. The van der Waals surface area contributed by atoms with Crippen molar-refractivity contribution in [1.82, 2.24) is 15.3 Å². The number of H-pyrrole nitrogens is 1. The molecule has 2 aliphatic carbocycles. The van der Waals surface area contributed by atoms with Crippen molar-refractivity contribution in [2.45, 2.75) is 38.0 Å². The van der Waals surface area contributed by atoms with Crippen molar-refractivity contribution in [2.24, 2.45) is 5.92 Å². The third-order valence-electron chi connectivity index (χ3n) is 4.69. The minimum atomic E-state index is 0.0127. The van der Waals surface area contributed by atoms with Crippen LogP contribution >= 0.6 is 0 Å². The van der Waals surface area contributed by atoms with Crippen molar-refractivity contribution in [3.8, 4) is 0 Å². The van der Waals surface area contributed by atoms with Crippen LogP contribution in [0.25, 0.3) is 11.0 Å². The van der Waals surface area contributed by atoms with Gasteiger partial charge in [0.05, 0.1) is 17.6 Å². The lowest BCUT2D eigenvalue weighted by Gasteiger charge is -2.22. The largest absolute Gasteiger partial charge is 0.342 e. The van der Waals surface area contributed by atoms with Gasteiger partial charge in [-0.05, 0) is 56.3 Å². The molecule has 5 nitrogen and oxygen atoms in total. The van der Waals surface area contributed by atoms with Crippen molar-refractivity contribution >= 4 is 22.6 Å². The van der Waals surface area contributed by atoms with Gasteiger partial charge in [0.1, 0.15) is 5.82 Å². The summed E-state index contributed by atoms with van der Waals surface area (Å²) in [6, 6.07) is 5.87. The number of nitrogens with zero attached hydrogens (tertiary/aromatic N) is 1. The number of fused-ring (bicyclic) bond motifs is 1. The molecule has 2 saturated carbocycles. The van der Waals surface area contributed by atoms with Crippen LogP contribution in [0.3, 0.4) is 0 Å². The summed E-state index contributed by atoms with van der Waals surface area (Å²) < 4.78 is 0. The van der Waals surface area contributed by atoms with E-state index in [9.17, 15) is 4.79 Å². The van der Waals surface area contributed by atoms with Gasteiger partial charge in [0.2, 0.25) is 5.91 Å². The van der Waals surface area contributed by atoms with E-state index in [0.717, 1.165) is 35.0 Å². The average molecular weight is 298 g/mol. The van der Waals surface area contributed by atoms with E-state index in [0.29, 0.717) is 12.5 Å². The van der Waals surface area contributed by atoms with Gasteiger partial charge in [-0.2, -0.15) is 0 Å². The predicted octanol–water partition coefficient (Wildman–Crippen LogP) is 2.77. The third-order valence-corrected chi connectivity index (χ3v) is 4.69. The maximum Gasteiger partial charge on any atom is 0.238 e. The van der Waals surface area contributed by atoms with E-state index in [2.05, 4.69) is 20.6 Å². The summed E-state index contributed by atoms with van der Waals surface area (Å²) in [6.45, 7) is 1.34. The monoisotopic (exact) mass is 298 g/mol. The maximum atomic E-state index is 11.9. The number of anilines is 1. The molecule has 22 heavy (non-hydrogen) atoms. The number of imidazole rings is 1. The van der Waals surface area contributed by atoms with Crippen LogP contribution in [0.2, 0.25) is 0 Å². The lowest BCUT2D eigenvalue weighted by Crippen LogP contribution is -2.29. The molecule has 116 valence electrons. The fourth-order valence-electron chi connectivity index (χ4n) is 2.90. The number of carbonyl (C=O) groups excluding carboxylic acids is 1. The van der Waals surface area contributed by atoms with Crippen molar-refractivity contribution < 1.29 is 4.79 Å². The molecule has 0 bridgehead atoms. The van der Waals surface area contributed by atoms with Crippen LogP contribution in [0.1, 0.15) is 43.8 Å².